The second kappa shape index (κ2) is 6.90. The van der Waals surface area contributed by atoms with Gasteiger partial charge in [0.1, 0.15) is 17.7 Å². The van der Waals surface area contributed by atoms with Crippen LogP contribution >= 0.6 is 11.3 Å². The van der Waals surface area contributed by atoms with E-state index in [0.29, 0.717) is 18.1 Å². The molecule has 2 aliphatic rings. The number of fused-ring (bicyclic) bond motifs is 1. The van der Waals surface area contributed by atoms with Gasteiger partial charge in [0.2, 0.25) is 0 Å². The molecule has 0 saturated carbocycles. The molecule has 0 radical (unpaired) electrons. The molecule has 0 aliphatic carbocycles. The molecule has 2 saturated heterocycles. The van der Waals surface area contributed by atoms with Crippen LogP contribution in [0.2, 0.25) is 0 Å². The van der Waals surface area contributed by atoms with E-state index in [-0.39, 0.29) is 0 Å². The molecule has 6 nitrogen and oxygen atoms in total. The molecule has 2 fully saturated rings. The molecule has 2 aromatic rings. The van der Waals surface area contributed by atoms with Crippen molar-refractivity contribution in [2.24, 2.45) is 5.92 Å². The highest BCUT2D eigenvalue weighted by atomic mass is 32.1. The molecule has 24 heavy (non-hydrogen) atoms. The Morgan fingerprint density at radius 3 is 3.00 bits per heavy atom. The zero-order valence-corrected chi connectivity index (χ0v) is 15.3. The fraction of sp³-hybridized carbons (Fsp3) is 0.706. The zero-order chi connectivity index (χ0) is 16.5. The number of piperidine rings is 1. The highest BCUT2D eigenvalue weighted by Crippen LogP contribution is 2.38. The quantitative estimate of drug-likeness (QED) is 0.830. The molecular weight excluding hydrogens is 320 g/mol. The van der Waals surface area contributed by atoms with E-state index in [1.54, 1.807) is 17.7 Å². The first-order valence-electron chi connectivity index (χ1n) is 8.91. The minimum atomic E-state index is 0.571. The van der Waals surface area contributed by atoms with Gasteiger partial charge in [-0.25, -0.2) is 9.97 Å². The smallest absolute Gasteiger partial charge is 0.137 e. The molecule has 2 unspecified atom stereocenters. The van der Waals surface area contributed by atoms with Crippen LogP contribution in [0, 0.1) is 5.92 Å². The summed E-state index contributed by atoms with van der Waals surface area (Å²) < 4.78 is 1.99. The van der Waals surface area contributed by atoms with E-state index in [2.05, 4.69) is 44.1 Å². The van der Waals surface area contributed by atoms with Crippen molar-refractivity contribution in [1.82, 2.24) is 29.5 Å². The van der Waals surface area contributed by atoms with E-state index in [1.807, 2.05) is 17.2 Å². The van der Waals surface area contributed by atoms with Crippen molar-refractivity contribution >= 4 is 11.3 Å². The van der Waals surface area contributed by atoms with E-state index in [1.165, 1.54) is 30.9 Å². The van der Waals surface area contributed by atoms with Gasteiger partial charge < -0.3 is 0 Å². The maximum Gasteiger partial charge on any atom is 0.137 e. The SMILES string of the molecule is CC(C)N1C2CCN(Cc3nccs3)CC2C[C@H]1Cn1cncn1. The Kier molecular flexibility index (Phi) is 4.65. The van der Waals surface area contributed by atoms with E-state index in [4.69, 9.17) is 0 Å². The molecule has 2 aliphatic heterocycles. The molecule has 7 heteroatoms. The van der Waals surface area contributed by atoms with E-state index in [9.17, 15) is 0 Å². The van der Waals surface area contributed by atoms with Crippen LogP contribution in [-0.4, -0.2) is 60.8 Å². The first kappa shape index (κ1) is 16.2. The standard InChI is InChI=1S/C17H26N6S/c1-13(2)23-15(9-22-12-18-11-20-22)7-14-8-21(5-3-16(14)23)10-17-19-4-6-24-17/h4,6,11-16H,3,5,7-10H2,1-2H3/t14?,15-,16?/m0/s1. The highest BCUT2D eigenvalue weighted by molar-refractivity contribution is 7.09. The van der Waals surface area contributed by atoms with Crippen molar-refractivity contribution in [2.75, 3.05) is 13.1 Å². The molecule has 0 spiro atoms. The number of nitrogens with zero attached hydrogens (tertiary/aromatic N) is 6. The highest BCUT2D eigenvalue weighted by Gasteiger charge is 2.44. The normalized spacial score (nSPS) is 28.5. The van der Waals surface area contributed by atoms with Gasteiger partial charge in [-0.05, 0) is 32.6 Å². The van der Waals surface area contributed by atoms with Crippen molar-refractivity contribution in [3.8, 4) is 0 Å². The summed E-state index contributed by atoms with van der Waals surface area (Å²) in [4.78, 5) is 13.9. The van der Waals surface area contributed by atoms with Crippen LogP contribution in [0.4, 0.5) is 0 Å². The Balaban J connectivity index is 1.44. The minimum Gasteiger partial charge on any atom is -0.296 e. The average molecular weight is 347 g/mol. The van der Waals surface area contributed by atoms with Crippen LogP contribution in [0.5, 0.6) is 0 Å². The molecule has 0 bridgehead atoms. The molecule has 3 atom stereocenters. The van der Waals surface area contributed by atoms with Crippen molar-refractivity contribution < 1.29 is 0 Å². The summed E-state index contributed by atoms with van der Waals surface area (Å²) in [5.74, 6) is 0.759. The lowest BCUT2D eigenvalue weighted by Gasteiger charge is -2.40. The van der Waals surface area contributed by atoms with Crippen molar-refractivity contribution in [1.29, 1.82) is 0 Å². The second-order valence-corrected chi connectivity index (χ2v) is 8.30. The number of rotatable bonds is 5. The Morgan fingerprint density at radius 2 is 2.29 bits per heavy atom. The molecule has 4 heterocycles. The maximum atomic E-state index is 4.45. The first-order chi connectivity index (χ1) is 11.7. The Labute approximate surface area is 147 Å². The van der Waals surface area contributed by atoms with Gasteiger partial charge in [0.15, 0.2) is 0 Å². The van der Waals surface area contributed by atoms with Crippen LogP contribution in [0.3, 0.4) is 0 Å². The third-order valence-electron chi connectivity index (χ3n) is 5.46. The molecule has 0 N–H and O–H groups in total. The Morgan fingerprint density at radius 1 is 1.38 bits per heavy atom. The van der Waals surface area contributed by atoms with Crippen molar-refractivity contribution in [3.05, 3.63) is 29.2 Å². The van der Waals surface area contributed by atoms with Crippen LogP contribution in [0.15, 0.2) is 24.2 Å². The fourth-order valence-electron chi connectivity index (χ4n) is 4.64. The summed E-state index contributed by atoms with van der Waals surface area (Å²) in [5.41, 5.74) is 0. The second-order valence-electron chi connectivity index (χ2n) is 7.33. The van der Waals surface area contributed by atoms with Gasteiger partial charge in [0.25, 0.3) is 0 Å². The number of aromatic nitrogens is 4. The predicted molar refractivity (Wildman–Crippen MR) is 94.7 cm³/mol. The van der Waals surface area contributed by atoms with E-state index < -0.39 is 0 Å². The van der Waals surface area contributed by atoms with Gasteiger partial charge >= 0.3 is 0 Å². The Hall–Kier alpha value is -1.31. The predicted octanol–water partition coefficient (Wildman–Crippen LogP) is 2.11. The lowest BCUT2D eigenvalue weighted by Crippen LogP contribution is -2.49. The molecule has 4 rings (SSSR count). The topological polar surface area (TPSA) is 50.1 Å². The van der Waals surface area contributed by atoms with Gasteiger partial charge in [0, 0.05) is 42.8 Å². The van der Waals surface area contributed by atoms with Crippen molar-refractivity contribution in [2.45, 2.75) is 57.9 Å². The van der Waals surface area contributed by atoms with Gasteiger partial charge in [-0.1, -0.05) is 0 Å². The lowest BCUT2D eigenvalue weighted by atomic mass is 9.92. The zero-order valence-electron chi connectivity index (χ0n) is 14.5. The van der Waals surface area contributed by atoms with Crippen LogP contribution < -0.4 is 0 Å². The summed E-state index contributed by atoms with van der Waals surface area (Å²) in [6.45, 7) is 9.01. The average Bonchev–Trinajstić information content (AvgIpc) is 3.27. The first-order valence-corrected chi connectivity index (χ1v) is 9.79. The van der Waals surface area contributed by atoms with Crippen LogP contribution in [0.1, 0.15) is 31.7 Å². The summed E-state index contributed by atoms with van der Waals surface area (Å²) in [6.07, 6.45) is 7.92. The van der Waals surface area contributed by atoms with Gasteiger partial charge in [-0.15, -0.1) is 11.3 Å². The molecule has 0 aromatic carbocycles. The largest absolute Gasteiger partial charge is 0.296 e. The van der Waals surface area contributed by atoms with Crippen LogP contribution in [-0.2, 0) is 13.1 Å². The summed E-state index contributed by atoms with van der Waals surface area (Å²) >= 11 is 1.77. The number of hydrogen-bond donors (Lipinski definition) is 0. The van der Waals surface area contributed by atoms with Crippen LogP contribution in [0.25, 0.3) is 0 Å². The van der Waals surface area contributed by atoms with Crippen molar-refractivity contribution in [3.63, 3.8) is 0 Å². The van der Waals surface area contributed by atoms with Gasteiger partial charge in [-0.3, -0.25) is 14.5 Å². The fourth-order valence-corrected chi connectivity index (χ4v) is 5.30. The van der Waals surface area contributed by atoms with Gasteiger partial charge in [0.05, 0.1) is 13.1 Å². The third-order valence-corrected chi connectivity index (χ3v) is 6.22. The van der Waals surface area contributed by atoms with E-state index >= 15 is 0 Å². The monoisotopic (exact) mass is 346 g/mol. The summed E-state index contributed by atoms with van der Waals surface area (Å²) in [5, 5.41) is 7.63. The summed E-state index contributed by atoms with van der Waals surface area (Å²) in [7, 11) is 0. The number of likely N-dealkylation sites (tertiary alicyclic amines) is 2. The minimum absolute atomic E-state index is 0.571. The number of thiazole rings is 1. The third kappa shape index (κ3) is 3.25. The maximum absolute atomic E-state index is 4.45. The molecule has 2 aromatic heterocycles. The molecule has 130 valence electrons. The lowest BCUT2D eigenvalue weighted by molar-refractivity contribution is 0.0718. The Bertz CT molecular complexity index is 626. The molecular formula is C17H26N6S. The van der Waals surface area contributed by atoms with Gasteiger partial charge in [-0.2, -0.15) is 5.10 Å². The summed E-state index contributed by atoms with van der Waals surface area (Å²) in [6, 6.07) is 1.87. The molecule has 0 amide bonds. The van der Waals surface area contributed by atoms with E-state index in [0.717, 1.165) is 19.0 Å². The number of hydrogen-bond acceptors (Lipinski definition) is 6.